The smallest absolute Gasteiger partial charge is 0.254 e. The fourth-order valence-electron chi connectivity index (χ4n) is 3.71. The Bertz CT molecular complexity index is 667. The molecule has 2 aliphatic carbocycles. The highest BCUT2D eigenvalue weighted by molar-refractivity contribution is 9.10. The number of carbonyl (C=O) groups is 2. The summed E-state index contributed by atoms with van der Waals surface area (Å²) in [6.45, 7) is 0. The van der Waals surface area contributed by atoms with Crippen LogP contribution in [0.3, 0.4) is 0 Å². The van der Waals surface area contributed by atoms with Crippen molar-refractivity contribution in [3.63, 3.8) is 0 Å². The highest BCUT2D eigenvalue weighted by Gasteiger charge is 2.59. The molecule has 0 unspecified atom stereocenters. The second-order valence-electron chi connectivity index (χ2n) is 5.79. The average Bonchev–Trinajstić information content (AvgIpc) is 3.12. The van der Waals surface area contributed by atoms with E-state index in [1.54, 1.807) is 6.21 Å². The summed E-state index contributed by atoms with van der Waals surface area (Å²) in [6, 6.07) is 7.57. The van der Waals surface area contributed by atoms with Crippen molar-refractivity contribution < 1.29 is 9.59 Å². The fraction of sp³-hybridized carbons (Fsp3) is 0.312. The number of amides is 2. The van der Waals surface area contributed by atoms with Crippen molar-refractivity contribution in [3.05, 3.63) is 46.5 Å². The molecule has 0 radical (unpaired) electrons. The quantitative estimate of drug-likeness (QED) is 0.470. The zero-order valence-electron chi connectivity index (χ0n) is 11.1. The minimum Gasteiger partial charge on any atom is -0.272 e. The van der Waals surface area contributed by atoms with Gasteiger partial charge in [-0.3, -0.25) is 9.59 Å². The summed E-state index contributed by atoms with van der Waals surface area (Å²) in [5.74, 6) is -0.217. The molecule has 3 aliphatic rings. The number of hydrazone groups is 1. The van der Waals surface area contributed by atoms with Crippen LogP contribution >= 0.6 is 15.9 Å². The van der Waals surface area contributed by atoms with Gasteiger partial charge in [-0.1, -0.05) is 40.2 Å². The highest BCUT2D eigenvalue weighted by Crippen LogP contribution is 2.52. The Morgan fingerprint density at radius 1 is 1.14 bits per heavy atom. The van der Waals surface area contributed by atoms with Crippen LogP contribution in [-0.2, 0) is 9.59 Å². The van der Waals surface area contributed by atoms with Gasteiger partial charge in [-0.2, -0.15) is 10.1 Å². The lowest BCUT2D eigenvalue weighted by Crippen LogP contribution is -2.28. The number of halogens is 1. The van der Waals surface area contributed by atoms with Crippen LogP contribution in [-0.4, -0.2) is 23.0 Å². The normalized spacial score (nSPS) is 33.5. The van der Waals surface area contributed by atoms with Crippen molar-refractivity contribution in [2.75, 3.05) is 0 Å². The summed E-state index contributed by atoms with van der Waals surface area (Å²) in [5.41, 5.74) is 0.850. The maximum absolute atomic E-state index is 12.4. The van der Waals surface area contributed by atoms with Crippen molar-refractivity contribution in [2.45, 2.75) is 6.42 Å². The second kappa shape index (κ2) is 4.63. The van der Waals surface area contributed by atoms with Crippen molar-refractivity contribution in [1.82, 2.24) is 5.01 Å². The van der Waals surface area contributed by atoms with E-state index in [1.807, 2.05) is 24.3 Å². The lowest BCUT2D eigenvalue weighted by Gasteiger charge is -2.13. The maximum Gasteiger partial charge on any atom is 0.254 e. The summed E-state index contributed by atoms with van der Waals surface area (Å²) >= 11 is 3.39. The number of hydrogen-bond donors (Lipinski definition) is 0. The first-order valence-electron chi connectivity index (χ1n) is 7.01. The van der Waals surface area contributed by atoms with Gasteiger partial charge in [-0.15, -0.1) is 0 Å². The highest BCUT2D eigenvalue weighted by atomic mass is 79.9. The third-order valence-electron chi connectivity index (χ3n) is 4.62. The molecule has 106 valence electrons. The third-order valence-corrected chi connectivity index (χ3v) is 5.11. The van der Waals surface area contributed by atoms with Gasteiger partial charge in [0.1, 0.15) is 0 Å². The van der Waals surface area contributed by atoms with Crippen molar-refractivity contribution in [2.24, 2.45) is 28.8 Å². The van der Waals surface area contributed by atoms with E-state index >= 15 is 0 Å². The van der Waals surface area contributed by atoms with Gasteiger partial charge >= 0.3 is 0 Å². The van der Waals surface area contributed by atoms with Gasteiger partial charge in [0, 0.05) is 4.47 Å². The molecule has 1 aliphatic heterocycles. The van der Waals surface area contributed by atoms with Crippen LogP contribution < -0.4 is 0 Å². The third kappa shape index (κ3) is 1.91. The Morgan fingerprint density at radius 2 is 1.81 bits per heavy atom. The lowest BCUT2D eigenvalue weighted by atomic mass is 9.85. The van der Waals surface area contributed by atoms with Crippen LogP contribution in [0.15, 0.2) is 46.0 Å². The molecule has 1 heterocycles. The standard InChI is InChI=1S/C16H13BrN2O2/c17-12-3-1-2-9(6-12)8-18-19-15(20)13-10-4-5-11(7-10)14(13)16(19)21/h1-6,8,10-11,13-14H,7H2/b18-8-/t10-,11-,13-,14-/m0/s1. The molecule has 5 heteroatoms. The first-order chi connectivity index (χ1) is 10.1. The van der Waals surface area contributed by atoms with Crippen molar-refractivity contribution in [3.8, 4) is 0 Å². The molecule has 21 heavy (non-hydrogen) atoms. The van der Waals surface area contributed by atoms with E-state index in [2.05, 4.69) is 33.2 Å². The molecule has 4 rings (SSSR count). The summed E-state index contributed by atoms with van der Waals surface area (Å²) in [7, 11) is 0. The lowest BCUT2D eigenvalue weighted by molar-refractivity contribution is -0.140. The summed E-state index contributed by atoms with van der Waals surface area (Å²) in [4.78, 5) is 24.8. The van der Waals surface area contributed by atoms with Crippen molar-refractivity contribution >= 4 is 34.0 Å². The fourth-order valence-corrected chi connectivity index (χ4v) is 4.13. The molecule has 4 nitrogen and oxygen atoms in total. The van der Waals surface area contributed by atoms with Crippen LogP contribution in [0.4, 0.5) is 0 Å². The minimum absolute atomic E-state index is 0.145. The molecule has 1 saturated heterocycles. The summed E-state index contributed by atoms with van der Waals surface area (Å²) in [6.07, 6.45) is 6.67. The summed E-state index contributed by atoms with van der Waals surface area (Å²) < 4.78 is 0.935. The SMILES string of the molecule is O=C1[C@@H]2[C@@H](C(=O)N1/N=C\c1cccc(Br)c1)[C@H]1C=C[C@H]2C1. The van der Waals surface area contributed by atoms with Gasteiger partial charge in [-0.05, 0) is 36.0 Å². The number of fused-ring (bicyclic) bond motifs is 5. The number of carbonyl (C=O) groups excluding carboxylic acids is 2. The first kappa shape index (κ1) is 13.0. The van der Waals surface area contributed by atoms with E-state index in [1.165, 1.54) is 0 Å². The average molecular weight is 345 g/mol. The summed E-state index contributed by atoms with van der Waals surface area (Å²) in [5, 5.41) is 5.21. The van der Waals surface area contributed by atoms with Gasteiger partial charge in [0.25, 0.3) is 11.8 Å². The van der Waals surface area contributed by atoms with E-state index in [0.29, 0.717) is 0 Å². The molecule has 1 aromatic rings. The molecule has 4 atom stereocenters. The monoisotopic (exact) mass is 344 g/mol. The first-order valence-corrected chi connectivity index (χ1v) is 7.80. The van der Waals surface area contributed by atoms with E-state index in [9.17, 15) is 9.59 Å². The largest absolute Gasteiger partial charge is 0.272 e. The Hall–Kier alpha value is -1.75. The molecule has 0 N–H and O–H groups in total. The van der Waals surface area contributed by atoms with Crippen molar-refractivity contribution in [1.29, 1.82) is 0 Å². The predicted molar refractivity (Wildman–Crippen MR) is 81.3 cm³/mol. The number of allylic oxidation sites excluding steroid dienone is 2. The minimum atomic E-state index is -0.188. The Kier molecular flexibility index (Phi) is 2.85. The van der Waals surface area contributed by atoms with Gasteiger partial charge in [-0.25, -0.2) is 0 Å². The van der Waals surface area contributed by atoms with Crippen LogP contribution in [0.5, 0.6) is 0 Å². The molecular formula is C16H13BrN2O2. The van der Waals surface area contributed by atoms with E-state index < -0.39 is 0 Å². The predicted octanol–water partition coefficient (Wildman–Crippen LogP) is 2.59. The number of rotatable bonds is 2. The van der Waals surface area contributed by atoms with Crippen LogP contribution in [0.2, 0.25) is 0 Å². The molecule has 2 fully saturated rings. The topological polar surface area (TPSA) is 49.7 Å². The molecule has 2 bridgehead atoms. The van der Waals surface area contributed by atoms with E-state index in [-0.39, 0.29) is 35.5 Å². The van der Waals surface area contributed by atoms with E-state index in [4.69, 9.17) is 0 Å². The van der Waals surface area contributed by atoms with Crippen LogP contribution in [0.25, 0.3) is 0 Å². The molecule has 2 amide bonds. The number of hydrogen-bond acceptors (Lipinski definition) is 3. The van der Waals surface area contributed by atoms with Crippen LogP contribution in [0.1, 0.15) is 12.0 Å². The van der Waals surface area contributed by atoms with Gasteiger partial charge < -0.3 is 0 Å². The van der Waals surface area contributed by atoms with E-state index in [0.717, 1.165) is 21.5 Å². The number of imide groups is 1. The molecular weight excluding hydrogens is 332 g/mol. The Labute approximate surface area is 130 Å². The number of benzene rings is 1. The molecule has 1 saturated carbocycles. The molecule has 0 aromatic heterocycles. The van der Waals surface area contributed by atoms with Gasteiger partial charge in [0.15, 0.2) is 0 Å². The Morgan fingerprint density at radius 3 is 2.43 bits per heavy atom. The Balaban J connectivity index is 1.60. The number of nitrogens with zero attached hydrogens (tertiary/aromatic N) is 2. The molecule has 0 spiro atoms. The van der Waals surface area contributed by atoms with Crippen LogP contribution in [0, 0.1) is 23.7 Å². The zero-order chi connectivity index (χ0) is 14.6. The van der Waals surface area contributed by atoms with Gasteiger partial charge in [0.05, 0.1) is 18.1 Å². The molecule has 1 aromatic carbocycles. The second-order valence-corrected chi connectivity index (χ2v) is 6.70. The zero-order valence-corrected chi connectivity index (χ0v) is 12.7. The van der Waals surface area contributed by atoms with Gasteiger partial charge in [0.2, 0.25) is 0 Å². The maximum atomic E-state index is 12.4.